The predicted octanol–water partition coefficient (Wildman–Crippen LogP) is 4.63. The Bertz CT molecular complexity index is 780. The molecular weight excluding hydrogens is 394 g/mol. The summed E-state index contributed by atoms with van der Waals surface area (Å²) in [6.07, 6.45) is 8.92. The van der Waals surface area contributed by atoms with Crippen molar-refractivity contribution in [1.82, 2.24) is 0 Å². The Hall–Kier alpha value is -1.43. The number of carbonyl (C=O) groups is 2. The normalized spacial score (nSPS) is 47.0. The van der Waals surface area contributed by atoms with E-state index >= 15 is 0 Å². The molecule has 0 aromatic rings. The maximum Gasteiger partial charge on any atom is 0.331 e. The topological polar surface area (TPSA) is 85.2 Å². The van der Waals surface area contributed by atoms with Gasteiger partial charge in [0.1, 0.15) is 6.10 Å². The van der Waals surface area contributed by atoms with E-state index in [2.05, 4.69) is 19.0 Å². The van der Waals surface area contributed by atoms with Gasteiger partial charge in [-0.15, -0.1) is 0 Å². The number of rotatable bonds is 3. The van der Waals surface area contributed by atoms with Gasteiger partial charge in [0.15, 0.2) is 0 Å². The SMILES string of the molecule is CC(=O)O/N=C(\C)[C@H]1CC[C@]2(O)[C@@H]3CC[C@@H]4C[C@@H](OC(C)=O)CC[C@]4(C)[C@H]3CC[C@]12C. The van der Waals surface area contributed by atoms with E-state index in [1.54, 1.807) is 0 Å². The Morgan fingerprint density at radius 2 is 1.65 bits per heavy atom. The second kappa shape index (κ2) is 7.86. The van der Waals surface area contributed by atoms with Crippen molar-refractivity contribution in [2.24, 2.45) is 39.7 Å². The summed E-state index contributed by atoms with van der Waals surface area (Å²) in [5.74, 6) is 0.925. The summed E-state index contributed by atoms with van der Waals surface area (Å²) >= 11 is 0. The molecule has 0 unspecified atom stereocenters. The minimum Gasteiger partial charge on any atom is -0.463 e. The fourth-order valence-electron chi connectivity index (χ4n) is 8.40. The lowest BCUT2D eigenvalue weighted by Gasteiger charge is -2.63. The number of nitrogens with zero attached hydrogens (tertiary/aromatic N) is 1. The van der Waals surface area contributed by atoms with Crippen molar-refractivity contribution in [3.8, 4) is 0 Å². The van der Waals surface area contributed by atoms with Gasteiger partial charge in [-0.3, -0.25) is 4.79 Å². The van der Waals surface area contributed by atoms with Crippen LogP contribution in [0.1, 0.15) is 92.4 Å². The maximum absolute atomic E-state index is 12.2. The number of oxime groups is 1. The number of hydrogen-bond donors (Lipinski definition) is 1. The zero-order valence-electron chi connectivity index (χ0n) is 19.8. The number of ether oxygens (including phenoxy) is 1. The highest BCUT2D eigenvalue weighted by Gasteiger charge is 2.67. The van der Waals surface area contributed by atoms with Crippen LogP contribution < -0.4 is 0 Å². The van der Waals surface area contributed by atoms with E-state index in [0.29, 0.717) is 17.8 Å². The third-order valence-electron chi connectivity index (χ3n) is 9.96. The zero-order valence-corrected chi connectivity index (χ0v) is 19.8. The number of esters is 1. The average Bonchev–Trinajstić information content (AvgIpc) is 2.97. The molecule has 4 fully saturated rings. The van der Waals surface area contributed by atoms with Crippen LogP contribution in [0.25, 0.3) is 0 Å². The van der Waals surface area contributed by atoms with E-state index in [0.717, 1.165) is 63.5 Å². The summed E-state index contributed by atoms with van der Waals surface area (Å²) in [5.41, 5.74) is 0.0954. The molecule has 1 N–H and O–H groups in total. The van der Waals surface area contributed by atoms with Crippen molar-refractivity contribution >= 4 is 17.7 Å². The fraction of sp³-hybridized carbons (Fsp3) is 0.880. The molecule has 4 rings (SSSR count). The van der Waals surface area contributed by atoms with Crippen LogP contribution in [-0.4, -0.2) is 34.5 Å². The Kier molecular flexibility index (Phi) is 5.77. The highest BCUT2D eigenvalue weighted by molar-refractivity contribution is 5.86. The van der Waals surface area contributed by atoms with E-state index in [4.69, 9.17) is 9.57 Å². The van der Waals surface area contributed by atoms with Gasteiger partial charge in [0.2, 0.25) is 0 Å². The first-order valence-corrected chi connectivity index (χ1v) is 12.1. The van der Waals surface area contributed by atoms with Crippen LogP contribution >= 0.6 is 0 Å². The molecule has 0 aromatic carbocycles. The fourth-order valence-corrected chi connectivity index (χ4v) is 8.40. The molecule has 8 atom stereocenters. The molecule has 174 valence electrons. The van der Waals surface area contributed by atoms with E-state index in [9.17, 15) is 14.7 Å². The van der Waals surface area contributed by atoms with Crippen LogP contribution in [0.4, 0.5) is 0 Å². The predicted molar refractivity (Wildman–Crippen MR) is 117 cm³/mol. The second-order valence-electron chi connectivity index (χ2n) is 11.3. The standard InChI is InChI=1S/C25H39NO5/c1-15(26-31-17(3)28)20-10-13-25(29)22-7-6-18-14-19(30-16(2)27)8-11-23(18,4)21(22)9-12-24(20,25)5/h18-22,29H,6-14H2,1-5H3/b26-15+/t18-,19+,20-,21+,22-,23+,24-,25+/m1/s1. The number of carbonyl (C=O) groups excluding carboxylic acids is 2. The maximum atomic E-state index is 12.2. The molecule has 0 radical (unpaired) electrons. The molecule has 0 aliphatic heterocycles. The van der Waals surface area contributed by atoms with Crippen molar-refractivity contribution in [2.45, 2.75) is 104 Å². The van der Waals surface area contributed by atoms with Gasteiger partial charge in [0, 0.05) is 25.2 Å². The third-order valence-corrected chi connectivity index (χ3v) is 9.96. The van der Waals surface area contributed by atoms with Crippen molar-refractivity contribution < 1.29 is 24.3 Å². The molecule has 0 amide bonds. The summed E-state index contributed by atoms with van der Waals surface area (Å²) in [6.45, 7) is 9.48. The van der Waals surface area contributed by atoms with Crippen molar-refractivity contribution in [2.75, 3.05) is 0 Å². The van der Waals surface area contributed by atoms with Crippen LogP contribution in [0.5, 0.6) is 0 Å². The van der Waals surface area contributed by atoms with Gasteiger partial charge in [-0.05, 0) is 87.9 Å². The molecule has 0 aromatic heterocycles. The molecule has 6 nitrogen and oxygen atoms in total. The van der Waals surface area contributed by atoms with E-state index < -0.39 is 11.6 Å². The molecule has 31 heavy (non-hydrogen) atoms. The number of hydrogen-bond acceptors (Lipinski definition) is 6. The first kappa shape index (κ1) is 22.8. The first-order chi connectivity index (χ1) is 14.5. The van der Waals surface area contributed by atoms with Gasteiger partial charge in [-0.2, -0.15) is 0 Å². The molecule has 0 heterocycles. The van der Waals surface area contributed by atoms with Gasteiger partial charge in [0.05, 0.1) is 11.3 Å². The Labute approximate surface area is 186 Å². The van der Waals surface area contributed by atoms with E-state index in [1.165, 1.54) is 13.8 Å². The Morgan fingerprint density at radius 3 is 2.32 bits per heavy atom. The lowest BCUT2D eigenvalue weighted by molar-refractivity contribution is -0.208. The Morgan fingerprint density at radius 1 is 0.903 bits per heavy atom. The van der Waals surface area contributed by atoms with E-state index in [-0.39, 0.29) is 28.8 Å². The molecule has 4 aliphatic carbocycles. The molecule has 0 saturated heterocycles. The lowest BCUT2D eigenvalue weighted by Crippen LogP contribution is -2.62. The molecular formula is C25H39NO5. The first-order valence-electron chi connectivity index (χ1n) is 12.1. The highest BCUT2D eigenvalue weighted by atomic mass is 16.7. The monoisotopic (exact) mass is 433 g/mol. The molecule has 0 spiro atoms. The molecule has 0 bridgehead atoms. The largest absolute Gasteiger partial charge is 0.463 e. The smallest absolute Gasteiger partial charge is 0.331 e. The number of aliphatic hydroxyl groups is 1. The van der Waals surface area contributed by atoms with Gasteiger partial charge in [-0.25, -0.2) is 4.79 Å². The third kappa shape index (κ3) is 3.53. The van der Waals surface area contributed by atoms with Crippen molar-refractivity contribution in [1.29, 1.82) is 0 Å². The highest BCUT2D eigenvalue weighted by Crippen LogP contribution is 2.69. The van der Waals surface area contributed by atoms with Crippen molar-refractivity contribution in [3.63, 3.8) is 0 Å². The summed E-state index contributed by atoms with van der Waals surface area (Å²) < 4.78 is 5.57. The minimum absolute atomic E-state index is 0.0556. The van der Waals surface area contributed by atoms with Gasteiger partial charge in [-0.1, -0.05) is 19.0 Å². The van der Waals surface area contributed by atoms with Crippen LogP contribution in [-0.2, 0) is 19.2 Å². The quantitative estimate of drug-likeness (QED) is 0.303. The number of fused-ring (bicyclic) bond motifs is 5. The molecule has 6 heteroatoms. The second-order valence-corrected chi connectivity index (χ2v) is 11.3. The van der Waals surface area contributed by atoms with Gasteiger partial charge < -0.3 is 14.7 Å². The lowest BCUT2D eigenvalue weighted by atomic mass is 9.43. The summed E-state index contributed by atoms with van der Waals surface area (Å²) in [4.78, 5) is 27.6. The van der Waals surface area contributed by atoms with Crippen LogP contribution in [0.3, 0.4) is 0 Å². The average molecular weight is 434 g/mol. The summed E-state index contributed by atoms with van der Waals surface area (Å²) in [6, 6.07) is 0. The summed E-state index contributed by atoms with van der Waals surface area (Å²) in [7, 11) is 0. The van der Waals surface area contributed by atoms with Crippen molar-refractivity contribution in [3.05, 3.63) is 0 Å². The van der Waals surface area contributed by atoms with Gasteiger partial charge in [0.25, 0.3) is 0 Å². The van der Waals surface area contributed by atoms with Crippen LogP contribution in [0, 0.1) is 34.5 Å². The zero-order chi connectivity index (χ0) is 22.6. The van der Waals surface area contributed by atoms with Crippen LogP contribution in [0.2, 0.25) is 0 Å². The Balaban J connectivity index is 1.56. The van der Waals surface area contributed by atoms with Crippen LogP contribution in [0.15, 0.2) is 5.16 Å². The van der Waals surface area contributed by atoms with E-state index in [1.807, 2.05) is 6.92 Å². The summed E-state index contributed by atoms with van der Waals surface area (Å²) in [5, 5.41) is 16.3. The molecule has 4 aliphatic rings. The van der Waals surface area contributed by atoms with Gasteiger partial charge >= 0.3 is 11.9 Å². The minimum atomic E-state index is -0.700. The molecule has 4 saturated carbocycles.